The molecule has 0 heterocycles. The first kappa shape index (κ1) is 24.3. The predicted octanol–water partition coefficient (Wildman–Crippen LogP) is 4.09. The fraction of sp³-hybridized carbons (Fsp3) is 0.529. The first-order valence-corrected chi connectivity index (χ1v) is 8.72. The van der Waals surface area contributed by atoms with Crippen LogP contribution in [0.5, 0.6) is 0 Å². The van der Waals surface area contributed by atoms with Crippen LogP contribution in [-0.4, -0.2) is 43.4 Å². The molecule has 2 N–H and O–H groups in total. The fourth-order valence-electron chi connectivity index (χ4n) is 1.89. The molecule has 142 valence electrons. The van der Waals surface area contributed by atoms with E-state index in [1.807, 2.05) is 13.0 Å². The molecule has 1 aromatic carbocycles. The average molecular weight is 501 g/mol. The second-order valence-electron chi connectivity index (χ2n) is 5.94. The van der Waals surface area contributed by atoms with Gasteiger partial charge in [-0.1, -0.05) is 36.2 Å². The van der Waals surface area contributed by atoms with E-state index in [9.17, 15) is 4.79 Å². The second kappa shape index (κ2) is 11.8. The number of carbonyl (C=O) groups excluding carboxylic acids is 1. The highest BCUT2D eigenvalue weighted by Gasteiger charge is 2.14. The van der Waals surface area contributed by atoms with Gasteiger partial charge in [-0.3, -0.25) is 4.79 Å². The molecule has 0 saturated carbocycles. The Balaban J connectivity index is 0.00000576. The number of carbonyl (C=O) groups is 1. The van der Waals surface area contributed by atoms with Gasteiger partial charge in [-0.25, -0.2) is 4.99 Å². The largest absolute Gasteiger partial charge is 0.354 e. The highest BCUT2D eigenvalue weighted by Crippen LogP contribution is 2.26. The first-order valence-electron chi connectivity index (χ1n) is 7.97. The number of halogens is 3. The minimum absolute atomic E-state index is 0. The maximum Gasteiger partial charge on any atom is 0.243 e. The van der Waals surface area contributed by atoms with Gasteiger partial charge in [-0.15, -0.1) is 24.0 Å². The molecule has 1 rings (SSSR count). The van der Waals surface area contributed by atoms with Crippen LogP contribution in [0.15, 0.2) is 23.2 Å². The smallest absolute Gasteiger partial charge is 0.243 e. The Kier molecular flexibility index (Phi) is 11.5. The summed E-state index contributed by atoms with van der Waals surface area (Å²) in [5.41, 5.74) is 0.915. The van der Waals surface area contributed by atoms with Gasteiger partial charge in [0.1, 0.15) is 6.54 Å². The average Bonchev–Trinajstić information content (AvgIpc) is 2.51. The van der Waals surface area contributed by atoms with Crippen molar-refractivity contribution < 1.29 is 4.79 Å². The topological polar surface area (TPSA) is 56.7 Å². The number of benzene rings is 1. The van der Waals surface area contributed by atoms with Crippen molar-refractivity contribution in [3.8, 4) is 0 Å². The zero-order chi connectivity index (χ0) is 18.3. The van der Waals surface area contributed by atoms with Gasteiger partial charge in [0.2, 0.25) is 5.91 Å². The summed E-state index contributed by atoms with van der Waals surface area (Å²) in [6, 6.07) is 5.55. The molecular weight excluding hydrogens is 474 g/mol. The maximum atomic E-state index is 11.8. The lowest BCUT2D eigenvalue weighted by atomic mass is 10.1. The molecule has 2 unspecified atom stereocenters. The van der Waals surface area contributed by atoms with E-state index < -0.39 is 0 Å². The van der Waals surface area contributed by atoms with E-state index in [4.69, 9.17) is 23.2 Å². The summed E-state index contributed by atoms with van der Waals surface area (Å²) in [4.78, 5) is 17.7. The lowest BCUT2D eigenvalue weighted by molar-refractivity contribution is -0.127. The Morgan fingerprint density at radius 2 is 1.88 bits per heavy atom. The molecule has 0 aliphatic heterocycles. The monoisotopic (exact) mass is 500 g/mol. The van der Waals surface area contributed by atoms with Gasteiger partial charge in [-0.2, -0.15) is 0 Å². The van der Waals surface area contributed by atoms with Crippen LogP contribution in [0.25, 0.3) is 0 Å². The van der Waals surface area contributed by atoms with Crippen LogP contribution >= 0.6 is 47.2 Å². The molecule has 1 amide bonds. The van der Waals surface area contributed by atoms with Crippen LogP contribution in [0.2, 0.25) is 10.0 Å². The maximum absolute atomic E-state index is 11.8. The number of nitrogens with zero attached hydrogens (tertiary/aromatic N) is 2. The van der Waals surface area contributed by atoms with Gasteiger partial charge >= 0.3 is 0 Å². The Hall–Kier alpha value is -0.730. The van der Waals surface area contributed by atoms with Crippen LogP contribution < -0.4 is 10.6 Å². The lowest BCUT2D eigenvalue weighted by Gasteiger charge is -2.22. The van der Waals surface area contributed by atoms with Crippen molar-refractivity contribution >= 4 is 59.0 Å². The zero-order valence-electron chi connectivity index (χ0n) is 15.3. The molecule has 25 heavy (non-hydrogen) atoms. The third-order valence-corrected chi connectivity index (χ3v) is 4.21. The van der Waals surface area contributed by atoms with Crippen molar-refractivity contribution in [1.29, 1.82) is 0 Å². The van der Waals surface area contributed by atoms with Crippen molar-refractivity contribution in [2.45, 2.75) is 39.3 Å². The van der Waals surface area contributed by atoms with Crippen LogP contribution in [0.3, 0.4) is 0 Å². The molecule has 0 radical (unpaired) electrons. The number of rotatable bonds is 6. The highest BCUT2D eigenvalue weighted by atomic mass is 127. The molecule has 0 aliphatic carbocycles. The predicted molar refractivity (Wildman–Crippen MR) is 117 cm³/mol. The summed E-state index contributed by atoms with van der Waals surface area (Å²) in [5.74, 6) is 0.524. The Morgan fingerprint density at radius 1 is 1.24 bits per heavy atom. The molecular formula is C17H27Cl2IN4O. The normalized spacial score (nSPS) is 13.5. The molecule has 8 heteroatoms. The number of hydrogen-bond donors (Lipinski definition) is 2. The van der Waals surface area contributed by atoms with E-state index in [1.54, 1.807) is 26.2 Å². The summed E-state index contributed by atoms with van der Waals surface area (Å²) in [6.07, 6.45) is 0.943. The van der Waals surface area contributed by atoms with Gasteiger partial charge < -0.3 is 15.5 Å². The van der Waals surface area contributed by atoms with E-state index >= 15 is 0 Å². The van der Waals surface area contributed by atoms with Gasteiger partial charge in [-0.05, 0) is 38.0 Å². The Bertz CT molecular complexity index is 596. The summed E-state index contributed by atoms with van der Waals surface area (Å²) >= 11 is 12.2. The van der Waals surface area contributed by atoms with Crippen molar-refractivity contribution in [2.24, 2.45) is 4.99 Å². The summed E-state index contributed by atoms with van der Waals surface area (Å²) in [5, 5.41) is 7.77. The second-order valence-corrected chi connectivity index (χ2v) is 6.78. The van der Waals surface area contributed by atoms with Crippen LogP contribution in [-0.2, 0) is 4.79 Å². The van der Waals surface area contributed by atoms with Crippen molar-refractivity contribution in [3.63, 3.8) is 0 Å². The standard InChI is InChI=1S/C17H26Cl2N4O.HI/c1-6-11(2)21-17(20-10-16(24)23(4)5)22-12(3)14-8-7-13(18)9-15(14)19;/h7-9,11-12H,6,10H2,1-5H3,(H2,20,21,22);1H. The third kappa shape index (κ3) is 8.46. The lowest BCUT2D eigenvalue weighted by Crippen LogP contribution is -2.43. The molecule has 1 aromatic rings. The first-order chi connectivity index (χ1) is 11.2. The van der Waals surface area contributed by atoms with E-state index in [2.05, 4.69) is 29.5 Å². The van der Waals surface area contributed by atoms with Gasteiger partial charge in [0, 0.05) is 30.2 Å². The third-order valence-electron chi connectivity index (χ3n) is 3.65. The highest BCUT2D eigenvalue weighted by molar-refractivity contribution is 14.0. The quantitative estimate of drug-likeness (QED) is 0.351. The molecule has 0 fully saturated rings. The molecule has 0 aliphatic rings. The Labute approximate surface area is 177 Å². The molecule has 0 saturated heterocycles. The SMILES string of the molecule is CCC(C)NC(=NCC(=O)N(C)C)NC(C)c1ccc(Cl)cc1Cl.I. The van der Waals surface area contributed by atoms with E-state index in [0.717, 1.165) is 12.0 Å². The van der Waals surface area contributed by atoms with Gasteiger partial charge in [0.25, 0.3) is 0 Å². The Morgan fingerprint density at radius 3 is 2.40 bits per heavy atom. The number of aliphatic imine (C=N–C) groups is 1. The number of amides is 1. The number of guanidine groups is 1. The molecule has 0 bridgehead atoms. The molecule has 0 aromatic heterocycles. The van der Waals surface area contributed by atoms with E-state index in [0.29, 0.717) is 16.0 Å². The van der Waals surface area contributed by atoms with Gasteiger partial charge in [0.05, 0.1) is 6.04 Å². The minimum atomic E-state index is -0.0838. The number of likely N-dealkylation sites (N-methyl/N-ethyl adjacent to an activating group) is 1. The summed E-state index contributed by atoms with van der Waals surface area (Å²) < 4.78 is 0. The van der Waals surface area contributed by atoms with Crippen LogP contribution in [0.1, 0.15) is 38.8 Å². The van der Waals surface area contributed by atoms with Crippen molar-refractivity contribution in [3.05, 3.63) is 33.8 Å². The zero-order valence-corrected chi connectivity index (χ0v) is 19.1. The molecule has 0 spiro atoms. The number of hydrogen-bond acceptors (Lipinski definition) is 2. The fourth-order valence-corrected chi connectivity index (χ4v) is 2.46. The van der Waals surface area contributed by atoms with Crippen LogP contribution in [0, 0.1) is 0 Å². The van der Waals surface area contributed by atoms with Crippen molar-refractivity contribution in [1.82, 2.24) is 15.5 Å². The summed E-state index contributed by atoms with van der Waals surface area (Å²) in [7, 11) is 3.42. The number of nitrogens with one attached hydrogen (secondary N) is 2. The van der Waals surface area contributed by atoms with E-state index in [1.165, 1.54) is 4.90 Å². The summed E-state index contributed by atoms with van der Waals surface area (Å²) in [6.45, 7) is 6.21. The van der Waals surface area contributed by atoms with Crippen molar-refractivity contribution in [2.75, 3.05) is 20.6 Å². The molecule has 5 nitrogen and oxygen atoms in total. The minimum Gasteiger partial charge on any atom is -0.354 e. The molecule has 2 atom stereocenters. The van der Waals surface area contributed by atoms with Gasteiger partial charge in [0.15, 0.2) is 5.96 Å². The van der Waals surface area contributed by atoms with E-state index in [-0.39, 0.29) is 48.5 Å². The van der Waals surface area contributed by atoms with Crippen LogP contribution in [0.4, 0.5) is 0 Å².